The molecule has 0 aliphatic rings. The molecule has 1 N–H and O–H groups in total. The first-order valence-corrected chi connectivity index (χ1v) is 10.4. The van der Waals surface area contributed by atoms with Gasteiger partial charge in [-0.1, -0.05) is 0 Å². The molecule has 0 aliphatic heterocycles. The van der Waals surface area contributed by atoms with Crippen molar-refractivity contribution in [3.8, 4) is 0 Å². The summed E-state index contributed by atoms with van der Waals surface area (Å²) < 4.78 is 56.7. The monoisotopic (exact) mass is 426 g/mol. The Bertz CT molecular complexity index is 1010. The van der Waals surface area contributed by atoms with Crippen molar-refractivity contribution in [2.75, 3.05) is 22.5 Å². The third-order valence-electron chi connectivity index (χ3n) is 3.91. The van der Waals surface area contributed by atoms with Crippen LogP contribution < -0.4 is 9.62 Å². The van der Waals surface area contributed by atoms with Gasteiger partial charge in [0.25, 0.3) is 0 Å². The Hall–Kier alpha value is -3.01. The standard InChI is InChI=1S/C19H20F2N2O5S/c1-4-28-19(25)13-5-7-14(8-6-13)22-18(24)12(2)23(29(3,26)27)15-9-10-16(20)17(21)11-15/h5-12H,4H2,1-3H3,(H,22,24)/t12-/m1/s1. The summed E-state index contributed by atoms with van der Waals surface area (Å²) in [7, 11) is -3.99. The van der Waals surface area contributed by atoms with E-state index in [1.807, 2.05) is 0 Å². The quantitative estimate of drug-likeness (QED) is 0.688. The van der Waals surface area contributed by atoms with E-state index in [2.05, 4.69) is 5.32 Å². The minimum atomic E-state index is -3.99. The number of ether oxygens (including phenoxy) is 1. The zero-order valence-corrected chi connectivity index (χ0v) is 16.8. The lowest BCUT2D eigenvalue weighted by atomic mass is 10.2. The summed E-state index contributed by atoms with van der Waals surface area (Å²) in [6.45, 7) is 3.21. The number of amides is 1. The molecule has 0 bridgehead atoms. The average molecular weight is 426 g/mol. The Morgan fingerprint density at radius 3 is 2.24 bits per heavy atom. The van der Waals surface area contributed by atoms with E-state index in [1.165, 1.54) is 31.2 Å². The summed E-state index contributed by atoms with van der Waals surface area (Å²) in [5, 5.41) is 2.52. The van der Waals surface area contributed by atoms with Crippen LogP contribution in [0.4, 0.5) is 20.2 Å². The van der Waals surface area contributed by atoms with Crippen LogP contribution in [0.25, 0.3) is 0 Å². The Balaban J connectivity index is 2.23. The van der Waals surface area contributed by atoms with E-state index in [0.29, 0.717) is 16.1 Å². The number of nitrogens with one attached hydrogen (secondary N) is 1. The summed E-state index contributed by atoms with van der Waals surface area (Å²) in [5.74, 6) is -3.59. The van der Waals surface area contributed by atoms with E-state index in [0.717, 1.165) is 18.4 Å². The van der Waals surface area contributed by atoms with Gasteiger partial charge in [-0.2, -0.15) is 0 Å². The maximum absolute atomic E-state index is 13.6. The summed E-state index contributed by atoms with van der Waals surface area (Å²) in [5.41, 5.74) is 0.415. The molecule has 2 aromatic carbocycles. The summed E-state index contributed by atoms with van der Waals surface area (Å²) in [6.07, 6.45) is 0.853. The predicted molar refractivity (Wildman–Crippen MR) is 104 cm³/mol. The lowest BCUT2D eigenvalue weighted by molar-refractivity contribution is -0.116. The van der Waals surface area contributed by atoms with Gasteiger partial charge in [-0.25, -0.2) is 22.0 Å². The minimum Gasteiger partial charge on any atom is -0.462 e. The Labute approximate surface area is 167 Å². The van der Waals surface area contributed by atoms with Crippen molar-refractivity contribution in [3.05, 3.63) is 59.7 Å². The summed E-state index contributed by atoms with van der Waals surface area (Å²) in [4.78, 5) is 24.2. The molecule has 2 rings (SSSR count). The largest absolute Gasteiger partial charge is 0.462 e. The van der Waals surface area contributed by atoms with Gasteiger partial charge in [0.1, 0.15) is 6.04 Å². The molecule has 29 heavy (non-hydrogen) atoms. The number of hydrogen-bond donors (Lipinski definition) is 1. The van der Waals surface area contributed by atoms with Crippen LogP contribution >= 0.6 is 0 Å². The number of nitrogens with zero attached hydrogens (tertiary/aromatic N) is 1. The predicted octanol–water partition coefficient (Wildman–Crippen LogP) is 2.93. The molecule has 2 aromatic rings. The number of anilines is 2. The van der Waals surface area contributed by atoms with Crippen LogP contribution in [0.2, 0.25) is 0 Å². The van der Waals surface area contributed by atoms with Crippen molar-refractivity contribution in [2.24, 2.45) is 0 Å². The molecule has 0 saturated carbocycles. The summed E-state index contributed by atoms with van der Waals surface area (Å²) in [6, 6.07) is 7.09. The van der Waals surface area contributed by atoms with E-state index >= 15 is 0 Å². The lowest BCUT2D eigenvalue weighted by Crippen LogP contribution is -2.45. The highest BCUT2D eigenvalue weighted by Crippen LogP contribution is 2.24. The Morgan fingerprint density at radius 1 is 1.10 bits per heavy atom. The van der Waals surface area contributed by atoms with Gasteiger partial charge in [0.05, 0.1) is 24.1 Å². The molecule has 156 valence electrons. The molecular weight excluding hydrogens is 406 g/mol. The van der Waals surface area contributed by atoms with Gasteiger partial charge in [0.15, 0.2) is 11.6 Å². The van der Waals surface area contributed by atoms with Gasteiger partial charge in [0.2, 0.25) is 15.9 Å². The number of benzene rings is 2. The van der Waals surface area contributed by atoms with Crippen molar-refractivity contribution >= 4 is 33.3 Å². The van der Waals surface area contributed by atoms with E-state index < -0.39 is 39.6 Å². The topological polar surface area (TPSA) is 92.8 Å². The third kappa shape index (κ3) is 5.50. The van der Waals surface area contributed by atoms with E-state index in [9.17, 15) is 26.8 Å². The van der Waals surface area contributed by atoms with Crippen LogP contribution in [0.1, 0.15) is 24.2 Å². The number of hydrogen-bond acceptors (Lipinski definition) is 5. The maximum atomic E-state index is 13.6. The van der Waals surface area contributed by atoms with Crippen LogP contribution in [-0.2, 0) is 19.6 Å². The second kappa shape index (κ2) is 8.99. The fourth-order valence-corrected chi connectivity index (χ4v) is 3.75. The first-order valence-electron chi connectivity index (χ1n) is 8.57. The zero-order chi connectivity index (χ0) is 21.8. The Kier molecular flexibility index (Phi) is 6.91. The first-order chi connectivity index (χ1) is 13.5. The van der Waals surface area contributed by atoms with Crippen LogP contribution in [0, 0.1) is 11.6 Å². The fraction of sp³-hybridized carbons (Fsp3) is 0.263. The molecular formula is C19H20F2N2O5S. The van der Waals surface area contributed by atoms with Gasteiger partial charge in [-0.3, -0.25) is 9.10 Å². The van der Waals surface area contributed by atoms with Crippen molar-refractivity contribution in [3.63, 3.8) is 0 Å². The molecule has 0 saturated heterocycles. The van der Waals surface area contributed by atoms with E-state index in [-0.39, 0.29) is 17.9 Å². The maximum Gasteiger partial charge on any atom is 0.338 e. The van der Waals surface area contributed by atoms with Crippen LogP contribution in [0.15, 0.2) is 42.5 Å². The molecule has 10 heteroatoms. The molecule has 0 unspecified atom stereocenters. The molecule has 1 amide bonds. The number of rotatable bonds is 7. The lowest BCUT2D eigenvalue weighted by Gasteiger charge is -2.28. The van der Waals surface area contributed by atoms with Gasteiger partial charge in [-0.05, 0) is 50.2 Å². The second-order valence-corrected chi connectivity index (χ2v) is 7.98. The highest BCUT2D eigenvalue weighted by molar-refractivity contribution is 7.92. The van der Waals surface area contributed by atoms with Crippen molar-refractivity contribution < 1.29 is 31.5 Å². The molecule has 0 aliphatic carbocycles. The van der Waals surface area contributed by atoms with Gasteiger partial charge < -0.3 is 10.1 Å². The SMILES string of the molecule is CCOC(=O)c1ccc(NC(=O)[C@@H](C)N(c2ccc(F)c(F)c2)S(C)(=O)=O)cc1. The number of esters is 1. The van der Waals surface area contributed by atoms with Crippen molar-refractivity contribution in [1.82, 2.24) is 0 Å². The van der Waals surface area contributed by atoms with Crippen LogP contribution in [-0.4, -0.2) is 39.2 Å². The fourth-order valence-electron chi connectivity index (χ4n) is 2.58. The van der Waals surface area contributed by atoms with Crippen LogP contribution in [0.3, 0.4) is 0 Å². The number of halogens is 2. The van der Waals surface area contributed by atoms with Gasteiger partial charge >= 0.3 is 5.97 Å². The third-order valence-corrected chi connectivity index (χ3v) is 5.15. The average Bonchev–Trinajstić information content (AvgIpc) is 2.64. The molecule has 1 atom stereocenters. The molecule has 0 aromatic heterocycles. The highest BCUT2D eigenvalue weighted by Gasteiger charge is 2.30. The smallest absolute Gasteiger partial charge is 0.338 e. The Morgan fingerprint density at radius 2 is 1.72 bits per heavy atom. The minimum absolute atomic E-state index is 0.188. The number of carbonyl (C=O) groups is 2. The van der Waals surface area contributed by atoms with Gasteiger partial charge in [-0.15, -0.1) is 0 Å². The molecule has 0 heterocycles. The van der Waals surface area contributed by atoms with Gasteiger partial charge in [0, 0.05) is 11.8 Å². The van der Waals surface area contributed by atoms with E-state index in [1.54, 1.807) is 6.92 Å². The summed E-state index contributed by atoms with van der Waals surface area (Å²) >= 11 is 0. The highest BCUT2D eigenvalue weighted by atomic mass is 32.2. The second-order valence-electron chi connectivity index (χ2n) is 6.12. The molecule has 0 spiro atoms. The first kappa shape index (κ1) is 22.3. The molecule has 0 radical (unpaired) electrons. The van der Waals surface area contributed by atoms with E-state index in [4.69, 9.17) is 4.74 Å². The van der Waals surface area contributed by atoms with Crippen molar-refractivity contribution in [1.29, 1.82) is 0 Å². The molecule has 7 nitrogen and oxygen atoms in total. The normalized spacial score (nSPS) is 12.2. The number of sulfonamides is 1. The zero-order valence-electron chi connectivity index (χ0n) is 16.0. The number of carbonyl (C=O) groups excluding carboxylic acids is 2. The van der Waals surface area contributed by atoms with Crippen LogP contribution in [0.5, 0.6) is 0 Å². The molecule has 0 fully saturated rings. The van der Waals surface area contributed by atoms with Crippen molar-refractivity contribution in [2.45, 2.75) is 19.9 Å².